The van der Waals surface area contributed by atoms with Crippen molar-refractivity contribution in [2.45, 2.75) is 0 Å². The number of nitriles is 1. The van der Waals surface area contributed by atoms with Crippen LogP contribution in [0.5, 0.6) is 5.75 Å². The number of H-pyrrole nitrogens is 1. The molecule has 30 heavy (non-hydrogen) atoms. The number of phenols is 1. The summed E-state index contributed by atoms with van der Waals surface area (Å²) in [5, 5.41) is 30.5. The van der Waals surface area contributed by atoms with Gasteiger partial charge in [0.1, 0.15) is 17.6 Å². The second-order valence-corrected chi connectivity index (χ2v) is 6.32. The first kappa shape index (κ1) is 18.9. The van der Waals surface area contributed by atoms with Crippen LogP contribution in [0.25, 0.3) is 33.4 Å². The lowest BCUT2D eigenvalue weighted by Crippen LogP contribution is -2.22. The highest BCUT2D eigenvalue weighted by molar-refractivity contribution is 6.01. The molecule has 0 radical (unpaired) electrons. The number of fused-ring (bicyclic) bond motifs is 1. The predicted molar refractivity (Wildman–Crippen MR) is 109 cm³/mol. The van der Waals surface area contributed by atoms with E-state index in [0.717, 1.165) is 6.07 Å². The van der Waals surface area contributed by atoms with Gasteiger partial charge < -0.3 is 10.8 Å². The van der Waals surface area contributed by atoms with Crippen molar-refractivity contribution in [3.05, 3.63) is 65.6 Å². The summed E-state index contributed by atoms with van der Waals surface area (Å²) in [6, 6.07) is 12.8. The third-order valence-corrected chi connectivity index (χ3v) is 4.57. The van der Waals surface area contributed by atoms with Crippen LogP contribution in [0.4, 0.5) is 4.39 Å². The minimum absolute atomic E-state index is 0.0871. The summed E-state index contributed by atoms with van der Waals surface area (Å²) in [5.41, 5.74) is 10.6. The Bertz CT molecular complexity index is 1320. The summed E-state index contributed by atoms with van der Waals surface area (Å²) < 4.78 is 14.5. The van der Waals surface area contributed by atoms with Crippen LogP contribution in [-0.2, 0) is 0 Å². The molecule has 9 nitrogen and oxygen atoms in total. The third-order valence-electron chi connectivity index (χ3n) is 4.57. The van der Waals surface area contributed by atoms with Crippen molar-refractivity contribution in [2.24, 2.45) is 16.7 Å². The first-order valence-electron chi connectivity index (χ1n) is 8.69. The molecule has 4 aromatic rings. The quantitative estimate of drug-likeness (QED) is 0.151. The highest BCUT2D eigenvalue weighted by Crippen LogP contribution is 2.37. The number of phenolic OH excluding ortho intramolecular Hbond substituents is 1. The molecule has 2 aromatic heterocycles. The normalized spacial score (nSPS) is 11.4. The van der Waals surface area contributed by atoms with E-state index in [9.17, 15) is 14.8 Å². The fraction of sp³-hybridized carbons (Fsp3) is 0. The Labute approximate surface area is 169 Å². The van der Waals surface area contributed by atoms with E-state index in [4.69, 9.17) is 11.6 Å². The molecule has 0 aliphatic carbocycles. The number of rotatable bonds is 4. The molecule has 0 atom stereocenters. The van der Waals surface area contributed by atoms with E-state index < -0.39 is 5.82 Å². The largest absolute Gasteiger partial charge is 0.508 e. The zero-order valence-corrected chi connectivity index (χ0v) is 15.4. The van der Waals surface area contributed by atoms with Gasteiger partial charge in [-0.3, -0.25) is 5.10 Å². The van der Waals surface area contributed by atoms with Crippen LogP contribution in [0.3, 0.4) is 0 Å². The first-order chi connectivity index (χ1) is 14.5. The molecule has 0 spiro atoms. The van der Waals surface area contributed by atoms with Crippen molar-refractivity contribution >= 4 is 16.9 Å². The minimum atomic E-state index is -0.697. The lowest BCUT2D eigenvalue weighted by molar-refractivity contribution is 0.469. The summed E-state index contributed by atoms with van der Waals surface area (Å²) in [5.74, 6) is 4.43. The van der Waals surface area contributed by atoms with Gasteiger partial charge in [0.2, 0.25) is 0 Å². The number of aromatic amines is 1. The van der Waals surface area contributed by atoms with E-state index in [1.165, 1.54) is 12.1 Å². The Morgan fingerprint density at radius 2 is 2.00 bits per heavy atom. The monoisotopic (exact) mass is 402 g/mol. The molecule has 10 heteroatoms. The maximum atomic E-state index is 14.5. The number of pyridine rings is 1. The number of hydrazone groups is 1. The number of amidine groups is 1. The summed E-state index contributed by atoms with van der Waals surface area (Å²) in [7, 11) is 0. The topological polar surface area (TPSA) is 162 Å². The van der Waals surface area contributed by atoms with Gasteiger partial charge in [-0.2, -0.15) is 10.4 Å². The van der Waals surface area contributed by atoms with E-state index in [1.807, 2.05) is 0 Å². The van der Waals surface area contributed by atoms with Gasteiger partial charge in [0, 0.05) is 28.1 Å². The Hall–Kier alpha value is -4.49. The molecule has 0 unspecified atom stereocenters. The van der Waals surface area contributed by atoms with E-state index in [0.29, 0.717) is 27.7 Å². The number of halogens is 1. The van der Waals surface area contributed by atoms with E-state index >= 15 is 0 Å². The van der Waals surface area contributed by atoms with Gasteiger partial charge in [-0.15, -0.1) is 5.10 Å². The van der Waals surface area contributed by atoms with Crippen molar-refractivity contribution < 1.29 is 9.50 Å². The molecule has 0 bridgehead atoms. The maximum Gasteiger partial charge on any atom is 0.156 e. The Balaban J connectivity index is 1.97. The molecule has 0 saturated carbocycles. The Morgan fingerprint density at radius 3 is 2.67 bits per heavy atom. The molecular formula is C20H15FN8O. The summed E-state index contributed by atoms with van der Waals surface area (Å²) in [6.45, 7) is 0. The van der Waals surface area contributed by atoms with Gasteiger partial charge in [-0.1, -0.05) is 24.3 Å². The second-order valence-electron chi connectivity index (χ2n) is 6.32. The summed E-state index contributed by atoms with van der Waals surface area (Å²) in [6.07, 6.45) is 1.55. The molecule has 0 amide bonds. The van der Waals surface area contributed by atoms with Crippen LogP contribution in [0, 0.1) is 17.1 Å². The second kappa shape index (κ2) is 7.50. The number of aromatic nitrogens is 3. The molecule has 2 heterocycles. The zero-order valence-electron chi connectivity index (χ0n) is 15.4. The van der Waals surface area contributed by atoms with Gasteiger partial charge >= 0.3 is 0 Å². The minimum Gasteiger partial charge on any atom is -0.508 e. The molecule has 4 rings (SSSR count). The smallest absolute Gasteiger partial charge is 0.156 e. The van der Waals surface area contributed by atoms with Crippen molar-refractivity contribution in [1.82, 2.24) is 20.7 Å². The Kier molecular flexibility index (Phi) is 4.71. The number of hydrogen-bond acceptors (Lipinski definition) is 7. The van der Waals surface area contributed by atoms with E-state index in [2.05, 4.69) is 31.9 Å². The van der Waals surface area contributed by atoms with Crippen LogP contribution in [0.1, 0.15) is 11.1 Å². The third kappa shape index (κ3) is 3.15. The number of hydrogen-bond donors (Lipinski definition) is 5. The van der Waals surface area contributed by atoms with Gasteiger partial charge in [0.15, 0.2) is 11.5 Å². The lowest BCUT2D eigenvalue weighted by Gasteiger charge is -2.12. The maximum absolute atomic E-state index is 14.5. The number of nitrogens with zero attached hydrogens (tertiary/aromatic N) is 4. The van der Waals surface area contributed by atoms with Gasteiger partial charge in [-0.25, -0.2) is 20.8 Å². The fourth-order valence-electron chi connectivity index (χ4n) is 3.21. The van der Waals surface area contributed by atoms with Crippen molar-refractivity contribution in [2.75, 3.05) is 0 Å². The number of aromatic hydroxyl groups is 1. The van der Waals surface area contributed by atoms with Gasteiger partial charge in [0.05, 0.1) is 17.5 Å². The number of hydrazine groups is 1. The zero-order chi connectivity index (χ0) is 21.3. The summed E-state index contributed by atoms with van der Waals surface area (Å²) >= 11 is 0. The van der Waals surface area contributed by atoms with E-state index in [-0.39, 0.29) is 28.4 Å². The average molecular weight is 402 g/mol. The molecular weight excluding hydrogens is 387 g/mol. The molecule has 0 aliphatic rings. The summed E-state index contributed by atoms with van der Waals surface area (Å²) in [4.78, 5) is 4.40. The van der Waals surface area contributed by atoms with Gasteiger partial charge in [-0.05, 0) is 17.7 Å². The Morgan fingerprint density at radius 1 is 1.23 bits per heavy atom. The molecule has 0 aliphatic heterocycles. The number of nitrogens with one attached hydrogen (secondary N) is 2. The SMILES string of the molecule is N#Cc1c(-c2ccc(O)cc2F)nc2[nH]ncc2c1-c1ccc(/C(N)=N/NN)cc1. The first-order valence-corrected chi connectivity index (χ1v) is 8.69. The lowest BCUT2D eigenvalue weighted by atomic mass is 9.93. The highest BCUT2D eigenvalue weighted by Gasteiger charge is 2.21. The van der Waals surface area contributed by atoms with Crippen LogP contribution in [0.15, 0.2) is 53.8 Å². The average Bonchev–Trinajstić information content (AvgIpc) is 3.21. The van der Waals surface area contributed by atoms with Crippen LogP contribution in [0.2, 0.25) is 0 Å². The molecule has 0 saturated heterocycles. The van der Waals surface area contributed by atoms with Crippen LogP contribution in [-0.4, -0.2) is 26.1 Å². The standard InChI is InChI=1S/C20H15FN8O/c21-16-7-12(30)5-6-13(16)18-14(8-22)17(15-9-25-28-20(15)26-18)10-1-3-11(4-2-10)19(23)27-29-24/h1-7,9,29-30H,24H2,(H2,23,27)(H,25,26,28). The predicted octanol–water partition coefficient (Wildman–Crippen LogP) is 2.09. The molecule has 148 valence electrons. The fourth-order valence-corrected chi connectivity index (χ4v) is 3.21. The molecule has 7 N–H and O–H groups in total. The van der Waals surface area contributed by atoms with Crippen molar-refractivity contribution in [1.29, 1.82) is 5.26 Å². The van der Waals surface area contributed by atoms with Crippen molar-refractivity contribution in [3.8, 4) is 34.2 Å². The van der Waals surface area contributed by atoms with E-state index in [1.54, 1.807) is 30.5 Å². The van der Waals surface area contributed by atoms with Crippen LogP contribution < -0.4 is 17.1 Å². The van der Waals surface area contributed by atoms with Gasteiger partial charge in [0.25, 0.3) is 0 Å². The number of benzene rings is 2. The highest BCUT2D eigenvalue weighted by atomic mass is 19.1. The molecule has 0 fully saturated rings. The van der Waals surface area contributed by atoms with Crippen molar-refractivity contribution in [3.63, 3.8) is 0 Å². The molecule has 2 aromatic carbocycles. The number of nitrogens with two attached hydrogens (primary N) is 2. The van der Waals surface area contributed by atoms with Crippen LogP contribution >= 0.6 is 0 Å².